The summed E-state index contributed by atoms with van der Waals surface area (Å²) < 4.78 is 5.43. The lowest BCUT2D eigenvalue weighted by atomic mass is 10.3. The van der Waals surface area contributed by atoms with E-state index in [-0.39, 0.29) is 0 Å². The second kappa shape index (κ2) is 10.8. The Kier molecular flexibility index (Phi) is 9.93. The van der Waals surface area contributed by atoms with Gasteiger partial charge in [-0.1, -0.05) is 56.8 Å². The molecule has 0 N–H and O–H groups in total. The SMILES string of the molecule is C=C/C=C\C(=C)COCc1cc(Cl)ccn1.CC. The van der Waals surface area contributed by atoms with Gasteiger partial charge >= 0.3 is 0 Å². The maximum absolute atomic E-state index is 5.82. The molecule has 0 fully saturated rings. The van der Waals surface area contributed by atoms with Gasteiger partial charge in [-0.15, -0.1) is 0 Å². The monoisotopic (exact) mass is 265 g/mol. The fraction of sp³-hybridized carbons (Fsp3) is 0.267. The molecule has 0 aliphatic rings. The number of rotatable bonds is 6. The first-order valence-corrected chi connectivity index (χ1v) is 6.25. The smallest absolute Gasteiger partial charge is 0.0892 e. The highest BCUT2D eigenvalue weighted by atomic mass is 35.5. The van der Waals surface area contributed by atoms with E-state index >= 15 is 0 Å². The van der Waals surface area contributed by atoms with Crippen molar-refractivity contribution in [1.82, 2.24) is 4.98 Å². The highest BCUT2D eigenvalue weighted by molar-refractivity contribution is 6.30. The van der Waals surface area contributed by atoms with Gasteiger partial charge in [0.05, 0.1) is 18.9 Å². The Morgan fingerprint density at radius 3 is 2.83 bits per heavy atom. The van der Waals surface area contributed by atoms with Crippen LogP contribution in [0.3, 0.4) is 0 Å². The fourth-order valence-electron chi connectivity index (χ4n) is 1.07. The largest absolute Gasteiger partial charge is 0.371 e. The van der Waals surface area contributed by atoms with E-state index in [1.165, 1.54) is 0 Å². The summed E-state index contributed by atoms with van der Waals surface area (Å²) in [6.07, 6.45) is 7.04. The van der Waals surface area contributed by atoms with Crippen molar-refractivity contribution in [2.24, 2.45) is 0 Å². The Hall–Kier alpha value is -1.38. The van der Waals surface area contributed by atoms with Gasteiger partial charge < -0.3 is 4.74 Å². The Morgan fingerprint density at radius 2 is 2.22 bits per heavy atom. The number of aromatic nitrogens is 1. The minimum absolute atomic E-state index is 0.432. The van der Waals surface area contributed by atoms with Crippen LogP contribution in [0.4, 0.5) is 0 Å². The Labute approximate surface area is 115 Å². The molecule has 1 rings (SSSR count). The maximum atomic E-state index is 5.82. The summed E-state index contributed by atoms with van der Waals surface area (Å²) in [4.78, 5) is 4.13. The van der Waals surface area contributed by atoms with E-state index in [0.717, 1.165) is 11.3 Å². The third kappa shape index (κ3) is 7.82. The molecule has 0 bridgehead atoms. The molecule has 0 amide bonds. The lowest BCUT2D eigenvalue weighted by Crippen LogP contribution is -1.98. The third-order valence-corrected chi connectivity index (χ3v) is 2.02. The second-order valence-electron chi connectivity index (χ2n) is 3.21. The summed E-state index contributed by atoms with van der Waals surface area (Å²) in [5, 5.41) is 0.666. The minimum atomic E-state index is 0.432. The van der Waals surface area contributed by atoms with E-state index in [4.69, 9.17) is 16.3 Å². The predicted octanol–water partition coefficient (Wildman–Crippen LogP) is 4.58. The molecule has 18 heavy (non-hydrogen) atoms. The Balaban J connectivity index is 0.00000137. The van der Waals surface area contributed by atoms with E-state index in [2.05, 4.69) is 18.1 Å². The Bertz CT molecular complexity index is 399. The van der Waals surface area contributed by atoms with Crippen LogP contribution < -0.4 is 0 Å². The van der Waals surface area contributed by atoms with Gasteiger partial charge in [-0.2, -0.15) is 0 Å². The van der Waals surface area contributed by atoms with Crippen LogP contribution in [0, 0.1) is 0 Å². The summed E-state index contributed by atoms with van der Waals surface area (Å²) in [7, 11) is 0. The molecule has 0 radical (unpaired) electrons. The highest BCUT2D eigenvalue weighted by Gasteiger charge is 1.96. The molecule has 1 heterocycles. The van der Waals surface area contributed by atoms with Crippen LogP contribution in [0.5, 0.6) is 0 Å². The molecule has 0 aliphatic heterocycles. The summed E-state index contributed by atoms with van der Waals surface area (Å²) in [6, 6.07) is 3.51. The van der Waals surface area contributed by atoms with Gasteiger partial charge in [0.15, 0.2) is 0 Å². The van der Waals surface area contributed by atoms with Crippen LogP contribution >= 0.6 is 11.6 Å². The van der Waals surface area contributed by atoms with E-state index in [9.17, 15) is 0 Å². The fourth-order valence-corrected chi connectivity index (χ4v) is 1.25. The molecule has 0 unspecified atom stereocenters. The third-order valence-electron chi connectivity index (χ3n) is 1.78. The number of pyridine rings is 1. The Morgan fingerprint density at radius 1 is 1.50 bits per heavy atom. The van der Waals surface area contributed by atoms with Gasteiger partial charge in [-0.3, -0.25) is 4.98 Å². The van der Waals surface area contributed by atoms with E-state index in [1.54, 1.807) is 24.4 Å². The number of hydrogen-bond donors (Lipinski definition) is 0. The van der Waals surface area contributed by atoms with Gasteiger partial charge in [-0.25, -0.2) is 0 Å². The molecule has 0 aromatic carbocycles. The van der Waals surface area contributed by atoms with Crippen LogP contribution in [-0.4, -0.2) is 11.6 Å². The molecule has 98 valence electrons. The minimum Gasteiger partial charge on any atom is -0.371 e. The predicted molar refractivity (Wildman–Crippen MR) is 78.7 cm³/mol. The van der Waals surface area contributed by atoms with Gasteiger partial charge in [0.1, 0.15) is 0 Å². The number of ether oxygens (including phenoxy) is 1. The standard InChI is InChI=1S/C13H14ClNO.C2H6/c1-3-4-5-11(2)9-16-10-13-8-12(14)6-7-15-13;1-2/h3-8H,1-2,9-10H2;1-2H3/b5-4-;. The van der Waals surface area contributed by atoms with Crippen molar-refractivity contribution in [2.75, 3.05) is 6.61 Å². The first-order valence-electron chi connectivity index (χ1n) is 5.87. The first-order chi connectivity index (χ1) is 8.72. The van der Waals surface area contributed by atoms with Crippen molar-refractivity contribution < 1.29 is 4.74 Å². The van der Waals surface area contributed by atoms with Crippen molar-refractivity contribution in [1.29, 1.82) is 0 Å². The highest BCUT2D eigenvalue weighted by Crippen LogP contribution is 2.09. The molecule has 2 nitrogen and oxygen atoms in total. The van der Waals surface area contributed by atoms with E-state index in [0.29, 0.717) is 18.2 Å². The van der Waals surface area contributed by atoms with Gasteiger partial charge in [0.25, 0.3) is 0 Å². The van der Waals surface area contributed by atoms with Gasteiger partial charge in [-0.05, 0) is 17.7 Å². The average molecular weight is 266 g/mol. The molecule has 1 aromatic heterocycles. The molecule has 0 saturated carbocycles. The zero-order valence-electron chi connectivity index (χ0n) is 11.0. The molecule has 1 aromatic rings. The van der Waals surface area contributed by atoms with Crippen molar-refractivity contribution in [2.45, 2.75) is 20.5 Å². The molecule has 0 aliphatic carbocycles. The molecular formula is C15H20ClNO. The van der Waals surface area contributed by atoms with Crippen molar-refractivity contribution >= 4 is 11.6 Å². The van der Waals surface area contributed by atoms with Crippen molar-refractivity contribution in [3.05, 3.63) is 66.0 Å². The molecule has 0 atom stereocenters. The van der Waals surface area contributed by atoms with E-state index < -0.39 is 0 Å². The van der Waals surface area contributed by atoms with Crippen LogP contribution in [-0.2, 0) is 11.3 Å². The van der Waals surface area contributed by atoms with Gasteiger partial charge in [0, 0.05) is 11.2 Å². The summed E-state index contributed by atoms with van der Waals surface area (Å²) >= 11 is 5.82. The first kappa shape index (κ1) is 16.6. The number of hydrogen-bond acceptors (Lipinski definition) is 2. The molecule has 3 heteroatoms. The van der Waals surface area contributed by atoms with E-state index in [1.807, 2.05) is 26.0 Å². The molecular weight excluding hydrogens is 246 g/mol. The lowest BCUT2D eigenvalue weighted by Gasteiger charge is -2.03. The summed E-state index contributed by atoms with van der Waals surface area (Å²) in [5.74, 6) is 0. The summed E-state index contributed by atoms with van der Waals surface area (Å²) in [5.41, 5.74) is 1.70. The normalized spacial score (nSPS) is 9.72. The number of halogens is 1. The van der Waals surface area contributed by atoms with Crippen LogP contribution in [0.2, 0.25) is 5.02 Å². The topological polar surface area (TPSA) is 22.1 Å². The lowest BCUT2D eigenvalue weighted by molar-refractivity contribution is 0.142. The van der Waals surface area contributed by atoms with Crippen LogP contribution in [0.15, 0.2) is 55.3 Å². The second-order valence-corrected chi connectivity index (χ2v) is 3.65. The van der Waals surface area contributed by atoms with Gasteiger partial charge in [0.2, 0.25) is 0 Å². The van der Waals surface area contributed by atoms with Crippen molar-refractivity contribution in [3.63, 3.8) is 0 Å². The van der Waals surface area contributed by atoms with Crippen molar-refractivity contribution in [3.8, 4) is 0 Å². The molecule has 0 saturated heterocycles. The van der Waals surface area contributed by atoms with Crippen LogP contribution in [0.1, 0.15) is 19.5 Å². The average Bonchev–Trinajstić information content (AvgIpc) is 2.39. The molecule has 0 spiro atoms. The number of nitrogens with zero attached hydrogens (tertiary/aromatic N) is 1. The quantitative estimate of drug-likeness (QED) is 0.703. The number of allylic oxidation sites excluding steroid dienone is 2. The zero-order chi connectivity index (χ0) is 13.8. The maximum Gasteiger partial charge on any atom is 0.0892 e. The van der Waals surface area contributed by atoms with Crippen LogP contribution in [0.25, 0.3) is 0 Å². The summed E-state index contributed by atoms with van der Waals surface area (Å²) in [6.45, 7) is 12.3. The zero-order valence-corrected chi connectivity index (χ0v) is 11.8.